The predicted octanol–water partition coefficient (Wildman–Crippen LogP) is 15.4. The van der Waals surface area contributed by atoms with Crippen LogP contribution in [0.25, 0.3) is 93.6 Å². The molecule has 58 heavy (non-hydrogen) atoms. The first-order valence-corrected chi connectivity index (χ1v) is 19.7. The second-order valence-electron chi connectivity index (χ2n) is 14.8. The van der Waals surface area contributed by atoms with Gasteiger partial charge in [0.25, 0.3) is 0 Å². The summed E-state index contributed by atoms with van der Waals surface area (Å²) in [5.74, 6) is 0. The molecule has 272 valence electrons. The zero-order valence-electron chi connectivity index (χ0n) is 31.3. The van der Waals surface area contributed by atoms with Crippen LogP contribution in [0.2, 0.25) is 0 Å². The van der Waals surface area contributed by atoms with Crippen molar-refractivity contribution in [1.82, 2.24) is 4.57 Å². The molecule has 0 atom stereocenters. The molecule has 0 N–H and O–H groups in total. The molecule has 0 aliphatic heterocycles. The topological polar surface area (TPSA) is 34.5 Å². The normalized spacial score (nSPS) is 11.8. The van der Waals surface area contributed by atoms with Crippen molar-refractivity contribution >= 4 is 82.7 Å². The lowest BCUT2D eigenvalue weighted by Crippen LogP contribution is -2.10. The SMILES string of the molecule is c1ccc(-n2c3ccccc3c3ccccc32)c(-c2ccc(-c3ccc(N(c4cccc5oc6ccccc6c45)c4cccc5oc6ccccc6c45)cc3)cc2)c1. The summed E-state index contributed by atoms with van der Waals surface area (Å²) in [5, 5.41) is 6.83. The average Bonchev–Trinajstić information content (AvgIpc) is 3.97. The third-order valence-electron chi connectivity index (χ3n) is 11.6. The summed E-state index contributed by atoms with van der Waals surface area (Å²) in [4.78, 5) is 2.35. The molecule has 0 bridgehead atoms. The average molecular weight is 743 g/mol. The van der Waals surface area contributed by atoms with Gasteiger partial charge in [0.2, 0.25) is 0 Å². The van der Waals surface area contributed by atoms with E-state index in [-0.39, 0.29) is 0 Å². The van der Waals surface area contributed by atoms with E-state index in [9.17, 15) is 0 Å². The molecule has 9 aromatic carbocycles. The van der Waals surface area contributed by atoms with E-state index in [4.69, 9.17) is 8.83 Å². The molecule has 12 rings (SSSR count). The molecule has 12 aromatic rings. The molecule has 0 aliphatic rings. The van der Waals surface area contributed by atoms with Crippen LogP contribution < -0.4 is 4.90 Å². The Hall–Kier alpha value is -7.82. The number of hydrogen-bond acceptors (Lipinski definition) is 3. The maximum Gasteiger partial charge on any atom is 0.137 e. The second-order valence-corrected chi connectivity index (χ2v) is 14.8. The Morgan fingerprint density at radius 2 is 0.759 bits per heavy atom. The highest BCUT2D eigenvalue weighted by Crippen LogP contribution is 2.47. The Morgan fingerprint density at radius 1 is 0.328 bits per heavy atom. The standard InChI is InChI=1S/C54H34N2O2/c1-6-18-44(56-45-19-7-2-14-40(45)41-15-3-8-20-46(41)56)39(13-1)37-29-27-35(28-30-37)36-31-33-38(34-32-36)55(47-21-11-25-51-53(47)42-16-4-9-23-49(42)57-51)48-22-12-26-52-54(48)43-17-5-10-24-50(43)58-52/h1-34H. The van der Waals surface area contributed by atoms with Crippen LogP contribution in [0.15, 0.2) is 215 Å². The Labute approximate surface area is 334 Å². The Bertz CT molecular complexity index is 3350. The molecular weight excluding hydrogens is 709 g/mol. The van der Waals surface area contributed by atoms with Gasteiger partial charge in [0.05, 0.1) is 38.9 Å². The van der Waals surface area contributed by atoms with Crippen molar-refractivity contribution in [1.29, 1.82) is 0 Å². The number of para-hydroxylation sites is 5. The number of rotatable bonds is 6. The van der Waals surface area contributed by atoms with Gasteiger partial charge in [-0.05, 0) is 83.4 Å². The minimum atomic E-state index is 0.851. The van der Waals surface area contributed by atoms with Crippen LogP contribution in [0.3, 0.4) is 0 Å². The maximum atomic E-state index is 6.40. The molecule has 0 unspecified atom stereocenters. The van der Waals surface area contributed by atoms with Crippen LogP contribution in [0.1, 0.15) is 0 Å². The van der Waals surface area contributed by atoms with Gasteiger partial charge in [-0.1, -0.05) is 140 Å². The van der Waals surface area contributed by atoms with E-state index in [2.05, 4.69) is 191 Å². The molecule has 0 radical (unpaired) electrons. The highest BCUT2D eigenvalue weighted by molar-refractivity contribution is 6.18. The number of aromatic nitrogens is 1. The first-order valence-electron chi connectivity index (χ1n) is 19.7. The van der Waals surface area contributed by atoms with Crippen LogP contribution in [0.5, 0.6) is 0 Å². The number of fused-ring (bicyclic) bond motifs is 9. The largest absolute Gasteiger partial charge is 0.456 e. The summed E-state index contributed by atoms with van der Waals surface area (Å²) in [6.07, 6.45) is 0. The van der Waals surface area contributed by atoms with Crippen molar-refractivity contribution in [3.63, 3.8) is 0 Å². The zero-order chi connectivity index (χ0) is 38.2. The third kappa shape index (κ3) is 4.95. The predicted molar refractivity (Wildman–Crippen MR) is 241 cm³/mol. The lowest BCUT2D eigenvalue weighted by atomic mass is 9.98. The Kier molecular flexibility index (Phi) is 7.20. The van der Waals surface area contributed by atoms with Crippen molar-refractivity contribution in [2.24, 2.45) is 0 Å². The van der Waals surface area contributed by atoms with Gasteiger partial charge in [0.1, 0.15) is 22.3 Å². The highest BCUT2D eigenvalue weighted by atomic mass is 16.3. The van der Waals surface area contributed by atoms with Gasteiger partial charge in [0.15, 0.2) is 0 Å². The molecular formula is C54H34N2O2. The van der Waals surface area contributed by atoms with E-state index in [1.54, 1.807) is 0 Å². The second kappa shape index (κ2) is 12.9. The van der Waals surface area contributed by atoms with Crippen LogP contribution in [0.4, 0.5) is 17.1 Å². The number of nitrogens with zero attached hydrogens (tertiary/aromatic N) is 2. The van der Waals surface area contributed by atoms with Gasteiger partial charge in [-0.3, -0.25) is 0 Å². The smallest absolute Gasteiger partial charge is 0.137 e. The molecule has 0 saturated heterocycles. The van der Waals surface area contributed by atoms with E-state index in [0.29, 0.717) is 0 Å². The van der Waals surface area contributed by atoms with Crippen LogP contribution >= 0.6 is 0 Å². The van der Waals surface area contributed by atoms with Crippen molar-refractivity contribution in [3.8, 4) is 27.9 Å². The summed E-state index contributed by atoms with van der Waals surface area (Å²) in [7, 11) is 0. The Balaban J connectivity index is 0.968. The molecule has 0 amide bonds. The van der Waals surface area contributed by atoms with Crippen LogP contribution in [-0.4, -0.2) is 4.57 Å². The van der Waals surface area contributed by atoms with E-state index in [0.717, 1.165) is 77.8 Å². The molecule has 0 saturated carbocycles. The molecule has 0 aliphatic carbocycles. The van der Waals surface area contributed by atoms with Gasteiger partial charge in [-0.2, -0.15) is 0 Å². The molecule has 3 aromatic heterocycles. The first-order chi connectivity index (χ1) is 28.8. The third-order valence-corrected chi connectivity index (χ3v) is 11.6. The molecule has 0 spiro atoms. The minimum absolute atomic E-state index is 0.851. The minimum Gasteiger partial charge on any atom is -0.456 e. The van der Waals surface area contributed by atoms with Gasteiger partial charge in [-0.25, -0.2) is 0 Å². The lowest BCUT2D eigenvalue weighted by Gasteiger charge is -2.27. The van der Waals surface area contributed by atoms with E-state index >= 15 is 0 Å². The lowest BCUT2D eigenvalue weighted by molar-refractivity contribution is 0.668. The van der Waals surface area contributed by atoms with Crippen LogP contribution in [-0.2, 0) is 0 Å². The molecule has 4 nitrogen and oxygen atoms in total. The summed E-state index contributed by atoms with van der Waals surface area (Å²) >= 11 is 0. The summed E-state index contributed by atoms with van der Waals surface area (Å²) in [6.45, 7) is 0. The van der Waals surface area contributed by atoms with Gasteiger partial charge in [-0.15, -0.1) is 0 Å². The van der Waals surface area contributed by atoms with Crippen LogP contribution in [0, 0.1) is 0 Å². The number of furan rings is 2. The Morgan fingerprint density at radius 3 is 1.33 bits per heavy atom. The number of anilines is 3. The fourth-order valence-corrected chi connectivity index (χ4v) is 9.03. The summed E-state index contributed by atoms with van der Waals surface area (Å²) in [5.41, 5.74) is 14.8. The fraction of sp³-hybridized carbons (Fsp3) is 0. The van der Waals surface area contributed by atoms with Crippen molar-refractivity contribution in [2.45, 2.75) is 0 Å². The fourth-order valence-electron chi connectivity index (χ4n) is 9.03. The molecule has 4 heteroatoms. The van der Waals surface area contributed by atoms with E-state index in [1.807, 2.05) is 24.3 Å². The summed E-state index contributed by atoms with van der Waals surface area (Å²) in [6, 6.07) is 73.2. The quantitative estimate of drug-likeness (QED) is 0.170. The van der Waals surface area contributed by atoms with E-state index < -0.39 is 0 Å². The highest BCUT2D eigenvalue weighted by Gasteiger charge is 2.23. The van der Waals surface area contributed by atoms with Crippen molar-refractivity contribution in [2.75, 3.05) is 4.90 Å². The number of benzene rings is 9. The van der Waals surface area contributed by atoms with Crippen molar-refractivity contribution < 1.29 is 8.83 Å². The van der Waals surface area contributed by atoms with E-state index in [1.165, 1.54) is 32.9 Å². The van der Waals surface area contributed by atoms with Gasteiger partial charge >= 0.3 is 0 Å². The number of hydrogen-bond donors (Lipinski definition) is 0. The van der Waals surface area contributed by atoms with Crippen molar-refractivity contribution in [3.05, 3.63) is 206 Å². The first kappa shape index (κ1) is 32.4. The zero-order valence-corrected chi connectivity index (χ0v) is 31.3. The maximum absolute atomic E-state index is 6.40. The monoisotopic (exact) mass is 742 g/mol. The molecule has 0 fully saturated rings. The van der Waals surface area contributed by atoms with Gasteiger partial charge < -0.3 is 18.3 Å². The summed E-state index contributed by atoms with van der Waals surface area (Å²) < 4.78 is 15.2. The molecule has 3 heterocycles. The van der Waals surface area contributed by atoms with Gasteiger partial charge in [0, 0.05) is 32.8 Å².